The monoisotopic (exact) mass is 832 g/mol. The number of ether oxygens (including phenoxy) is 8. The summed E-state index contributed by atoms with van der Waals surface area (Å²) in [5.41, 5.74) is 5.80. The van der Waals surface area contributed by atoms with E-state index >= 15 is 0 Å². The molecule has 0 aromatic heterocycles. The van der Waals surface area contributed by atoms with E-state index in [-0.39, 0.29) is 18.3 Å². The smallest absolute Gasteiger partial charge is 0.225 e. The lowest BCUT2D eigenvalue weighted by atomic mass is 9.86. The van der Waals surface area contributed by atoms with Crippen molar-refractivity contribution in [1.82, 2.24) is 0 Å². The van der Waals surface area contributed by atoms with Gasteiger partial charge in [0.2, 0.25) is 5.79 Å². The fourth-order valence-electron chi connectivity index (χ4n) is 7.54. The third-order valence-electron chi connectivity index (χ3n) is 11.9. The summed E-state index contributed by atoms with van der Waals surface area (Å²) in [5, 5.41) is -0.0380. The number of hydrogen-bond acceptors (Lipinski definition) is 9. The molecule has 2 aliphatic rings. The second-order valence-electron chi connectivity index (χ2n) is 17.0. The molecule has 60 heavy (non-hydrogen) atoms. The molecule has 318 valence electrons. The molecule has 0 saturated carbocycles. The summed E-state index contributed by atoms with van der Waals surface area (Å²) in [7, 11) is 1.09. The van der Waals surface area contributed by atoms with Crippen LogP contribution in [0.3, 0.4) is 0 Å². The van der Waals surface area contributed by atoms with E-state index in [2.05, 4.69) is 82.4 Å². The highest BCUT2D eigenvalue weighted by molar-refractivity contribution is 6.74. The molecular formula is C50H60O9Si. The van der Waals surface area contributed by atoms with E-state index in [9.17, 15) is 0 Å². The van der Waals surface area contributed by atoms with Crippen molar-refractivity contribution >= 4 is 8.32 Å². The first-order valence-corrected chi connectivity index (χ1v) is 23.8. The van der Waals surface area contributed by atoms with Crippen LogP contribution in [-0.2, 0) is 60.1 Å². The third-order valence-corrected chi connectivity index (χ3v) is 16.4. The quantitative estimate of drug-likeness (QED) is 0.0851. The van der Waals surface area contributed by atoms with Gasteiger partial charge in [-0.15, -0.1) is 0 Å². The molecule has 0 unspecified atom stereocenters. The largest absolute Gasteiger partial charge is 0.496 e. The molecule has 5 aromatic carbocycles. The van der Waals surface area contributed by atoms with Gasteiger partial charge in [-0.25, -0.2) is 0 Å². The predicted molar refractivity (Wildman–Crippen MR) is 235 cm³/mol. The second kappa shape index (κ2) is 19.5. The molecule has 0 aliphatic carbocycles. The number of rotatable bonds is 17. The maximum atomic E-state index is 7.42. The Morgan fingerprint density at radius 2 is 1.20 bits per heavy atom. The van der Waals surface area contributed by atoms with Crippen molar-refractivity contribution in [3.63, 3.8) is 0 Å². The molecule has 5 aromatic rings. The molecule has 9 nitrogen and oxygen atoms in total. The van der Waals surface area contributed by atoms with E-state index in [0.29, 0.717) is 32.8 Å². The summed E-state index contributed by atoms with van der Waals surface area (Å²) < 4.78 is 60.1. The first kappa shape index (κ1) is 43.6. The van der Waals surface area contributed by atoms with E-state index in [0.717, 1.165) is 50.6 Å². The highest BCUT2D eigenvalue weighted by atomic mass is 28.4. The van der Waals surface area contributed by atoms with E-state index in [1.54, 1.807) is 14.2 Å². The Morgan fingerprint density at radius 1 is 0.633 bits per heavy atom. The van der Waals surface area contributed by atoms with Crippen LogP contribution in [0.25, 0.3) is 0 Å². The van der Waals surface area contributed by atoms with Gasteiger partial charge >= 0.3 is 0 Å². The van der Waals surface area contributed by atoms with Crippen LogP contribution in [0.15, 0.2) is 127 Å². The first-order chi connectivity index (χ1) is 29.0. The molecule has 2 aliphatic heterocycles. The van der Waals surface area contributed by atoms with Gasteiger partial charge < -0.3 is 42.3 Å². The van der Waals surface area contributed by atoms with Gasteiger partial charge in [-0.3, -0.25) is 0 Å². The van der Waals surface area contributed by atoms with Crippen molar-refractivity contribution in [2.45, 2.75) is 95.3 Å². The van der Waals surface area contributed by atoms with Gasteiger partial charge in [0.15, 0.2) is 19.8 Å². The Bertz CT molecular complexity index is 2110. The van der Waals surface area contributed by atoms with Crippen molar-refractivity contribution in [2.75, 3.05) is 34.0 Å². The van der Waals surface area contributed by atoms with Crippen LogP contribution in [0.5, 0.6) is 17.2 Å². The number of fused-ring (bicyclic) bond motifs is 1. The maximum absolute atomic E-state index is 7.42. The highest BCUT2D eigenvalue weighted by Gasteiger charge is 2.59. The molecule has 1 saturated heterocycles. The lowest BCUT2D eigenvalue weighted by Gasteiger charge is -2.52. The fourth-order valence-corrected chi connectivity index (χ4v) is 8.56. The van der Waals surface area contributed by atoms with Crippen molar-refractivity contribution in [2.24, 2.45) is 0 Å². The summed E-state index contributed by atoms with van der Waals surface area (Å²) in [6.07, 6.45) is -2.17. The minimum Gasteiger partial charge on any atom is -0.496 e. The number of hydrogen-bond donors (Lipinski definition) is 0. The Labute approximate surface area is 356 Å². The first-order valence-electron chi connectivity index (χ1n) is 20.9. The van der Waals surface area contributed by atoms with Crippen molar-refractivity contribution in [3.05, 3.63) is 161 Å². The van der Waals surface area contributed by atoms with Gasteiger partial charge in [0.05, 0.1) is 33.5 Å². The van der Waals surface area contributed by atoms with Crippen LogP contribution in [-0.4, -0.2) is 66.8 Å². The average Bonchev–Trinajstić information content (AvgIpc) is 3.27. The molecule has 0 radical (unpaired) electrons. The number of benzene rings is 5. The van der Waals surface area contributed by atoms with Crippen LogP contribution in [0.4, 0.5) is 0 Å². The topological polar surface area (TPSA) is 83.1 Å². The van der Waals surface area contributed by atoms with Crippen molar-refractivity contribution in [1.29, 1.82) is 0 Å². The van der Waals surface area contributed by atoms with Crippen LogP contribution in [0, 0.1) is 0 Å². The minimum absolute atomic E-state index is 0.0380. The summed E-state index contributed by atoms with van der Waals surface area (Å²) in [6, 6.07) is 42.6. The molecule has 0 N–H and O–H groups in total. The summed E-state index contributed by atoms with van der Waals surface area (Å²) in [6.45, 7) is 13.5. The van der Waals surface area contributed by atoms with Crippen LogP contribution < -0.4 is 14.2 Å². The number of methoxy groups -OCH3 is 2. The van der Waals surface area contributed by atoms with E-state index in [1.807, 2.05) is 78.9 Å². The van der Waals surface area contributed by atoms with E-state index in [1.165, 1.54) is 0 Å². The van der Waals surface area contributed by atoms with Gasteiger partial charge in [0, 0.05) is 19.1 Å². The van der Waals surface area contributed by atoms with Gasteiger partial charge in [0.1, 0.15) is 43.4 Å². The minimum atomic E-state index is -2.27. The van der Waals surface area contributed by atoms with E-state index in [4.69, 9.17) is 42.3 Å². The van der Waals surface area contributed by atoms with Crippen LogP contribution in [0.2, 0.25) is 18.1 Å². The van der Waals surface area contributed by atoms with Gasteiger partial charge in [-0.1, -0.05) is 118 Å². The molecule has 7 rings (SSSR count). The summed E-state index contributed by atoms with van der Waals surface area (Å²) >= 11 is 0. The van der Waals surface area contributed by atoms with Gasteiger partial charge in [-0.2, -0.15) is 0 Å². The average molecular weight is 833 g/mol. The zero-order valence-corrected chi connectivity index (χ0v) is 37.1. The van der Waals surface area contributed by atoms with Gasteiger partial charge in [-0.05, 0) is 76.3 Å². The molecule has 0 bridgehead atoms. The standard InChI is InChI=1S/C50H60O9Si/c1-49(2,3)60(6,7)58-35-45-46(55-32-36-17-11-8-12-18-36)47(56-33-37-19-13-9-14-20-37)48(57-34-38-21-15-10-16-22-38)50(52-5,59-45)41-24-26-42(51-4)40(31-41)29-39-23-25-43-44(30-39)54-28-27-53-43/h8-26,30-31,45-48H,27-29,32-35H2,1-7H3/t45-,46-,47+,48-,50+/m1/s1. The molecule has 2 heterocycles. The molecule has 0 amide bonds. The van der Waals surface area contributed by atoms with Crippen LogP contribution >= 0.6 is 0 Å². The molecule has 10 heteroatoms. The maximum Gasteiger partial charge on any atom is 0.225 e. The van der Waals surface area contributed by atoms with Crippen molar-refractivity contribution < 1.29 is 42.3 Å². The van der Waals surface area contributed by atoms with E-state index < -0.39 is 38.5 Å². The highest BCUT2D eigenvalue weighted by Crippen LogP contribution is 2.46. The second-order valence-corrected chi connectivity index (χ2v) is 21.8. The lowest BCUT2D eigenvalue weighted by molar-refractivity contribution is -0.384. The zero-order chi connectivity index (χ0) is 42.2. The Hall–Kier alpha value is -4.52. The normalized spacial score (nSPS) is 21.7. The summed E-state index contributed by atoms with van der Waals surface area (Å²) in [5.74, 6) is 0.737. The predicted octanol–water partition coefficient (Wildman–Crippen LogP) is 10.0. The molecular weight excluding hydrogens is 773 g/mol. The van der Waals surface area contributed by atoms with Crippen LogP contribution in [0.1, 0.15) is 54.2 Å². The zero-order valence-electron chi connectivity index (χ0n) is 36.1. The molecule has 0 spiro atoms. The Balaban J connectivity index is 1.35. The lowest BCUT2D eigenvalue weighted by Crippen LogP contribution is -2.66. The fraction of sp³-hybridized carbons (Fsp3) is 0.400. The third kappa shape index (κ3) is 10.1. The molecule has 5 atom stereocenters. The summed E-state index contributed by atoms with van der Waals surface area (Å²) in [4.78, 5) is 0. The Morgan fingerprint density at radius 3 is 1.77 bits per heavy atom. The van der Waals surface area contributed by atoms with Gasteiger partial charge in [0.25, 0.3) is 0 Å². The van der Waals surface area contributed by atoms with Crippen molar-refractivity contribution in [3.8, 4) is 17.2 Å². The Kier molecular flexibility index (Phi) is 14.1. The molecule has 1 fully saturated rings. The SMILES string of the molecule is COc1ccc([C@]2(OC)O[C@H](CO[Si](C)(C)C(C)(C)C)[C@@H](OCc3ccccc3)[C@H](OCc3ccccc3)[C@H]2OCc2ccccc2)cc1Cc1ccc2c(c1)OCCO2.